The predicted molar refractivity (Wildman–Crippen MR) is 66.0 cm³/mol. The highest BCUT2D eigenvalue weighted by molar-refractivity contribution is 5.38. The van der Waals surface area contributed by atoms with Crippen LogP contribution in [0, 0.1) is 0 Å². The first-order valence-corrected chi connectivity index (χ1v) is 6.04. The molecule has 0 aromatic heterocycles. The van der Waals surface area contributed by atoms with E-state index in [2.05, 4.69) is 13.0 Å². The van der Waals surface area contributed by atoms with Gasteiger partial charge in [0.25, 0.3) is 0 Å². The van der Waals surface area contributed by atoms with E-state index in [1.165, 1.54) is 5.56 Å². The van der Waals surface area contributed by atoms with Gasteiger partial charge in [-0.05, 0) is 36.6 Å². The third kappa shape index (κ3) is 3.22. The van der Waals surface area contributed by atoms with Gasteiger partial charge in [0.1, 0.15) is 5.75 Å². The maximum Gasteiger partial charge on any atom is 0.119 e. The lowest BCUT2D eigenvalue weighted by Gasteiger charge is -2.15. The van der Waals surface area contributed by atoms with Crippen LogP contribution in [0.25, 0.3) is 0 Å². The molecular formula is C14H21FO. The van der Waals surface area contributed by atoms with Gasteiger partial charge in [0.2, 0.25) is 0 Å². The van der Waals surface area contributed by atoms with Gasteiger partial charge in [-0.25, -0.2) is 0 Å². The normalized spacial score (nSPS) is 12.5. The minimum absolute atomic E-state index is 0.0399. The smallest absolute Gasteiger partial charge is 0.119 e. The first-order valence-electron chi connectivity index (χ1n) is 6.04. The average Bonchev–Trinajstić information content (AvgIpc) is 2.31. The van der Waals surface area contributed by atoms with Crippen LogP contribution in [-0.2, 0) is 6.42 Å². The Kier molecular flexibility index (Phi) is 5.30. The summed E-state index contributed by atoms with van der Waals surface area (Å²) in [4.78, 5) is 0. The first kappa shape index (κ1) is 13.0. The number of hydrogen-bond donors (Lipinski definition) is 0. The van der Waals surface area contributed by atoms with Crippen LogP contribution >= 0.6 is 0 Å². The monoisotopic (exact) mass is 224 g/mol. The van der Waals surface area contributed by atoms with Gasteiger partial charge in [-0.15, -0.1) is 0 Å². The molecule has 0 aliphatic heterocycles. The molecule has 90 valence electrons. The third-order valence-corrected chi connectivity index (χ3v) is 2.71. The largest absolute Gasteiger partial charge is 0.494 e. The van der Waals surface area contributed by atoms with Crippen LogP contribution in [0.1, 0.15) is 44.2 Å². The van der Waals surface area contributed by atoms with E-state index in [4.69, 9.17) is 4.74 Å². The molecule has 0 amide bonds. The van der Waals surface area contributed by atoms with Crippen LogP contribution in [0.15, 0.2) is 18.2 Å². The summed E-state index contributed by atoms with van der Waals surface area (Å²) in [7, 11) is 0. The van der Waals surface area contributed by atoms with Crippen molar-refractivity contribution in [2.24, 2.45) is 0 Å². The molecule has 0 fully saturated rings. The second-order valence-electron chi connectivity index (χ2n) is 4.10. The minimum Gasteiger partial charge on any atom is -0.494 e. The van der Waals surface area contributed by atoms with Crippen molar-refractivity contribution in [2.45, 2.75) is 39.5 Å². The molecule has 0 spiro atoms. The van der Waals surface area contributed by atoms with Gasteiger partial charge in [-0.1, -0.05) is 26.3 Å². The molecule has 1 nitrogen and oxygen atoms in total. The lowest BCUT2D eigenvalue weighted by Crippen LogP contribution is -2.02. The molecule has 16 heavy (non-hydrogen) atoms. The molecule has 1 unspecified atom stereocenters. The fourth-order valence-corrected chi connectivity index (χ4v) is 1.87. The molecule has 0 aliphatic rings. The molecule has 0 saturated carbocycles. The highest BCUT2D eigenvalue weighted by Crippen LogP contribution is 2.26. The standard InChI is InChI=1S/C14H21FO/c1-4-6-12-7-8-13(16-5-2)9-14(12)11(3)10-15/h7-9,11H,4-6,10H2,1-3H3. The molecule has 1 aromatic rings. The molecule has 0 aliphatic carbocycles. The summed E-state index contributed by atoms with van der Waals surface area (Å²) in [5, 5.41) is 0. The zero-order chi connectivity index (χ0) is 12.0. The Morgan fingerprint density at radius 1 is 1.31 bits per heavy atom. The van der Waals surface area contributed by atoms with Crippen LogP contribution in [-0.4, -0.2) is 13.3 Å². The van der Waals surface area contributed by atoms with Gasteiger partial charge >= 0.3 is 0 Å². The molecule has 0 radical (unpaired) electrons. The van der Waals surface area contributed by atoms with Gasteiger partial charge in [0.15, 0.2) is 0 Å². The van der Waals surface area contributed by atoms with E-state index < -0.39 is 0 Å². The lowest BCUT2D eigenvalue weighted by atomic mass is 9.94. The minimum atomic E-state index is -0.313. The van der Waals surface area contributed by atoms with Gasteiger partial charge in [-0.2, -0.15) is 0 Å². The molecule has 1 atom stereocenters. The molecule has 1 aromatic carbocycles. The summed E-state index contributed by atoms with van der Waals surface area (Å²) in [6.07, 6.45) is 2.09. The van der Waals surface area contributed by atoms with E-state index in [9.17, 15) is 4.39 Å². The van der Waals surface area contributed by atoms with Crippen molar-refractivity contribution in [3.63, 3.8) is 0 Å². The molecule has 0 N–H and O–H groups in total. The first-order chi connectivity index (χ1) is 7.72. The number of benzene rings is 1. The molecule has 0 heterocycles. The van der Waals surface area contributed by atoms with Gasteiger partial charge in [0.05, 0.1) is 13.3 Å². The molecular weight excluding hydrogens is 203 g/mol. The summed E-state index contributed by atoms with van der Waals surface area (Å²) >= 11 is 0. The zero-order valence-electron chi connectivity index (χ0n) is 10.4. The van der Waals surface area contributed by atoms with Crippen molar-refractivity contribution in [1.82, 2.24) is 0 Å². The number of aryl methyl sites for hydroxylation is 1. The summed E-state index contributed by atoms with van der Waals surface area (Å²) in [5.41, 5.74) is 2.34. The Morgan fingerprint density at radius 2 is 2.06 bits per heavy atom. The topological polar surface area (TPSA) is 9.23 Å². The van der Waals surface area contributed by atoms with Crippen LogP contribution < -0.4 is 4.74 Å². The van der Waals surface area contributed by atoms with E-state index in [1.807, 2.05) is 26.0 Å². The molecule has 1 rings (SSSR count). The fourth-order valence-electron chi connectivity index (χ4n) is 1.87. The molecule has 0 bridgehead atoms. The Labute approximate surface area is 97.6 Å². The van der Waals surface area contributed by atoms with E-state index in [1.54, 1.807) is 0 Å². The highest BCUT2D eigenvalue weighted by atomic mass is 19.1. The summed E-state index contributed by atoms with van der Waals surface area (Å²) in [6, 6.07) is 6.03. The van der Waals surface area contributed by atoms with Gasteiger partial charge < -0.3 is 4.74 Å². The zero-order valence-corrected chi connectivity index (χ0v) is 10.4. The Morgan fingerprint density at radius 3 is 2.62 bits per heavy atom. The quantitative estimate of drug-likeness (QED) is 0.706. The van der Waals surface area contributed by atoms with Crippen LogP contribution in [0.2, 0.25) is 0 Å². The second kappa shape index (κ2) is 6.51. The summed E-state index contributed by atoms with van der Waals surface area (Å²) in [6.45, 7) is 6.35. The lowest BCUT2D eigenvalue weighted by molar-refractivity contribution is 0.339. The summed E-state index contributed by atoms with van der Waals surface area (Å²) in [5.74, 6) is 0.805. The van der Waals surface area contributed by atoms with Crippen LogP contribution in [0.3, 0.4) is 0 Å². The van der Waals surface area contributed by atoms with Crippen molar-refractivity contribution in [2.75, 3.05) is 13.3 Å². The van der Waals surface area contributed by atoms with Crippen LogP contribution in [0.4, 0.5) is 4.39 Å². The number of halogens is 1. The summed E-state index contributed by atoms with van der Waals surface area (Å²) < 4.78 is 18.2. The molecule has 2 heteroatoms. The van der Waals surface area contributed by atoms with Crippen molar-refractivity contribution in [3.8, 4) is 5.75 Å². The van der Waals surface area contributed by atoms with Crippen molar-refractivity contribution >= 4 is 0 Å². The van der Waals surface area contributed by atoms with E-state index >= 15 is 0 Å². The third-order valence-electron chi connectivity index (χ3n) is 2.71. The maximum absolute atomic E-state index is 12.8. The SMILES string of the molecule is CCCc1ccc(OCC)cc1C(C)CF. The Bertz CT molecular complexity index is 323. The second-order valence-corrected chi connectivity index (χ2v) is 4.10. The van der Waals surface area contributed by atoms with Crippen LogP contribution in [0.5, 0.6) is 5.75 Å². The Balaban J connectivity index is 3.00. The number of alkyl halides is 1. The van der Waals surface area contributed by atoms with Crippen molar-refractivity contribution in [3.05, 3.63) is 29.3 Å². The van der Waals surface area contributed by atoms with E-state index in [0.717, 1.165) is 24.2 Å². The number of ether oxygens (including phenoxy) is 1. The van der Waals surface area contributed by atoms with Gasteiger partial charge in [-0.3, -0.25) is 4.39 Å². The predicted octanol–water partition coefficient (Wildman–Crippen LogP) is 4.11. The molecule has 0 saturated heterocycles. The van der Waals surface area contributed by atoms with E-state index in [-0.39, 0.29) is 12.6 Å². The fraction of sp³-hybridized carbons (Fsp3) is 0.571. The maximum atomic E-state index is 12.8. The average molecular weight is 224 g/mol. The number of rotatable bonds is 6. The Hall–Kier alpha value is -1.05. The highest BCUT2D eigenvalue weighted by Gasteiger charge is 2.11. The van der Waals surface area contributed by atoms with Gasteiger partial charge in [0, 0.05) is 5.92 Å². The van der Waals surface area contributed by atoms with Crippen molar-refractivity contribution in [1.29, 1.82) is 0 Å². The van der Waals surface area contributed by atoms with Crippen molar-refractivity contribution < 1.29 is 9.13 Å². The van der Waals surface area contributed by atoms with E-state index in [0.29, 0.717) is 6.61 Å². The number of hydrogen-bond acceptors (Lipinski definition) is 1.